The number of hydrogen-bond donors (Lipinski definition) is 1. The zero-order chi connectivity index (χ0) is 11.9. The van der Waals surface area contributed by atoms with E-state index in [1.54, 1.807) is 0 Å². The molecule has 2 nitrogen and oxygen atoms in total. The second kappa shape index (κ2) is 7.38. The lowest BCUT2D eigenvalue weighted by molar-refractivity contribution is 0.127. The van der Waals surface area contributed by atoms with E-state index in [0.717, 1.165) is 12.0 Å². The highest BCUT2D eigenvalue weighted by Crippen LogP contribution is 2.23. The molecule has 2 heterocycles. The molecule has 100 valence electrons. The van der Waals surface area contributed by atoms with Crippen molar-refractivity contribution in [3.05, 3.63) is 0 Å². The molecule has 2 fully saturated rings. The maximum Gasteiger partial charge on any atom is 0.00951 e. The number of hydrogen-bond acceptors (Lipinski definition) is 2. The van der Waals surface area contributed by atoms with Crippen molar-refractivity contribution in [1.29, 1.82) is 0 Å². The van der Waals surface area contributed by atoms with Gasteiger partial charge in [0.15, 0.2) is 0 Å². The van der Waals surface area contributed by atoms with Crippen molar-refractivity contribution < 1.29 is 0 Å². The summed E-state index contributed by atoms with van der Waals surface area (Å²) in [6, 6.07) is 0.912. The van der Waals surface area contributed by atoms with E-state index in [1.807, 2.05) is 0 Å². The summed E-state index contributed by atoms with van der Waals surface area (Å²) in [5.74, 6) is 1.00. The average Bonchev–Trinajstić information content (AvgIpc) is 2.39. The molecule has 1 N–H and O–H groups in total. The lowest BCUT2D eigenvalue weighted by Crippen LogP contribution is -2.41. The van der Waals surface area contributed by atoms with Gasteiger partial charge in [-0.15, -0.1) is 0 Å². The summed E-state index contributed by atoms with van der Waals surface area (Å²) in [6.07, 6.45) is 11.4. The van der Waals surface area contributed by atoms with Crippen LogP contribution in [-0.4, -0.2) is 37.1 Å². The summed E-state index contributed by atoms with van der Waals surface area (Å²) in [4.78, 5) is 2.80. The topological polar surface area (TPSA) is 15.3 Å². The predicted octanol–water partition coefficient (Wildman–Crippen LogP) is 3.03. The lowest BCUT2D eigenvalue weighted by atomic mass is 9.92. The van der Waals surface area contributed by atoms with Gasteiger partial charge in [-0.1, -0.05) is 19.8 Å². The standard InChI is InChI=1S/C15H30N2/c1-2-5-15-6-3-4-12-17(15)13-9-14-7-10-16-11-8-14/h14-16H,2-13H2,1H3. The third kappa shape index (κ3) is 4.26. The van der Waals surface area contributed by atoms with Crippen LogP contribution in [0.2, 0.25) is 0 Å². The van der Waals surface area contributed by atoms with Crippen molar-refractivity contribution in [3.8, 4) is 0 Å². The number of nitrogens with zero attached hydrogens (tertiary/aromatic N) is 1. The van der Waals surface area contributed by atoms with E-state index >= 15 is 0 Å². The minimum Gasteiger partial charge on any atom is -0.317 e. The molecule has 0 aliphatic carbocycles. The van der Waals surface area contributed by atoms with Crippen LogP contribution < -0.4 is 5.32 Å². The third-order valence-corrected chi connectivity index (χ3v) is 4.65. The fourth-order valence-corrected chi connectivity index (χ4v) is 3.53. The van der Waals surface area contributed by atoms with Crippen molar-refractivity contribution in [2.45, 2.75) is 64.3 Å². The highest BCUT2D eigenvalue weighted by atomic mass is 15.2. The molecule has 2 saturated heterocycles. The summed E-state index contributed by atoms with van der Waals surface area (Å²) < 4.78 is 0. The van der Waals surface area contributed by atoms with Gasteiger partial charge in [0.25, 0.3) is 0 Å². The van der Waals surface area contributed by atoms with Crippen molar-refractivity contribution >= 4 is 0 Å². The van der Waals surface area contributed by atoms with Gasteiger partial charge in [-0.05, 0) is 70.6 Å². The number of rotatable bonds is 5. The van der Waals surface area contributed by atoms with Gasteiger partial charge in [0, 0.05) is 6.04 Å². The molecule has 0 aromatic rings. The molecule has 0 saturated carbocycles. The first-order valence-corrected chi connectivity index (χ1v) is 7.85. The molecule has 17 heavy (non-hydrogen) atoms. The van der Waals surface area contributed by atoms with E-state index in [9.17, 15) is 0 Å². The minimum absolute atomic E-state index is 0.912. The minimum atomic E-state index is 0.912. The molecule has 0 bridgehead atoms. The largest absolute Gasteiger partial charge is 0.317 e. The van der Waals surface area contributed by atoms with Crippen molar-refractivity contribution in [2.24, 2.45) is 5.92 Å². The average molecular weight is 238 g/mol. The molecule has 0 radical (unpaired) electrons. The van der Waals surface area contributed by atoms with Gasteiger partial charge >= 0.3 is 0 Å². The first kappa shape index (κ1) is 13.4. The summed E-state index contributed by atoms with van der Waals surface area (Å²) in [6.45, 7) is 7.58. The van der Waals surface area contributed by atoms with E-state index in [0.29, 0.717) is 0 Å². The van der Waals surface area contributed by atoms with Gasteiger partial charge in [0.1, 0.15) is 0 Å². The van der Waals surface area contributed by atoms with Gasteiger partial charge in [-0.25, -0.2) is 0 Å². The summed E-state index contributed by atoms with van der Waals surface area (Å²) in [7, 11) is 0. The van der Waals surface area contributed by atoms with Crippen LogP contribution in [0.1, 0.15) is 58.3 Å². The SMILES string of the molecule is CCCC1CCCCN1CCC1CCNCC1. The molecule has 2 aliphatic heterocycles. The van der Waals surface area contributed by atoms with E-state index in [2.05, 4.69) is 17.1 Å². The molecule has 0 amide bonds. The fraction of sp³-hybridized carbons (Fsp3) is 1.00. The Balaban J connectivity index is 1.71. The Hall–Kier alpha value is -0.0800. The first-order chi connectivity index (χ1) is 8.40. The Kier molecular flexibility index (Phi) is 5.79. The lowest BCUT2D eigenvalue weighted by Gasteiger charge is -2.37. The maximum atomic E-state index is 3.47. The van der Waals surface area contributed by atoms with Gasteiger partial charge in [-0.2, -0.15) is 0 Å². The Morgan fingerprint density at radius 1 is 1.06 bits per heavy atom. The third-order valence-electron chi connectivity index (χ3n) is 4.65. The zero-order valence-electron chi connectivity index (χ0n) is 11.6. The van der Waals surface area contributed by atoms with Gasteiger partial charge in [0.05, 0.1) is 0 Å². The normalized spacial score (nSPS) is 28.4. The van der Waals surface area contributed by atoms with Crippen molar-refractivity contribution in [3.63, 3.8) is 0 Å². The van der Waals surface area contributed by atoms with Crippen LogP contribution in [0.15, 0.2) is 0 Å². The van der Waals surface area contributed by atoms with Crippen molar-refractivity contribution in [1.82, 2.24) is 10.2 Å². The number of likely N-dealkylation sites (tertiary alicyclic amines) is 1. The van der Waals surface area contributed by atoms with Crippen LogP contribution in [0.25, 0.3) is 0 Å². The summed E-state index contributed by atoms with van der Waals surface area (Å²) >= 11 is 0. The highest BCUT2D eigenvalue weighted by molar-refractivity contribution is 4.78. The summed E-state index contributed by atoms with van der Waals surface area (Å²) in [5, 5.41) is 3.47. The smallest absolute Gasteiger partial charge is 0.00951 e. The molecule has 1 unspecified atom stereocenters. The summed E-state index contributed by atoms with van der Waals surface area (Å²) in [5.41, 5.74) is 0. The molecule has 0 aromatic heterocycles. The Bertz CT molecular complexity index is 197. The van der Waals surface area contributed by atoms with Crippen LogP contribution in [0.4, 0.5) is 0 Å². The Morgan fingerprint density at radius 3 is 2.65 bits per heavy atom. The molecular formula is C15H30N2. The van der Waals surface area contributed by atoms with E-state index in [1.165, 1.54) is 77.5 Å². The number of piperidine rings is 2. The Morgan fingerprint density at radius 2 is 1.88 bits per heavy atom. The maximum absolute atomic E-state index is 3.47. The second-order valence-corrected chi connectivity index (χ2v) is 5.96. The molecule has 0 spiro atoms. The van der Waals surface area contributed by atoms with Gasteiger partial charge < -0.3 is 10.2 Å². The second-order valence-electron chi connectivity index (χ2n) is 5.96. The predicted molar refractivity (Wildman–Crippen MR) is 74.3 cm³/mol. The fourth-order valence-electron chi connectivity index (χ4n) is 3.53. The zero-order valence-corrected chi connectivity index (χ0v) is 11.6. The Labute approximate surface area is 107 Å². The van der Waals surface area contributed by atoms with Gasteiger partial charge in [0.2, 0.25) is 0 Å². The van der Waals surface area contributed by atoms with E-state index < -0.39 is 0 Å². The van der Waals surface area contributed by atoms with Crippen LogP contribution in [0.5, 0.6) is 0 Å². The van der Waals surface area contributed by atoms with Crippen molar-refractivity contribution in [2.75, 3.05) is 26.2 Å². The molecule has 2 rings (SSSR count). The first-order valence-electron chi connectivity index (χ1n) is 7.85. The highest BCUT2D eigenvalue weighted by Gasteiger charge is 2.22. The quantitative estimate of drug-likeness (QED) is 0.792. The molecule has 1 atom stereocenters. The monoisotopic (exact) mass is 238 g/mol. The molecule has 2 heteroatoms. The van der Waals surface area contributed by atoms with Gasteiger partial charge in [-0.3, -0.25) is 0 Å². The van der Waals surface area contributed by atoms with E-state index in [4.69, 9.17) is 0 Å². The van der Waals surface area contributed by atoms with Crippen LogP contribution in [0, 0.1) is 5.92 Å². The van der Waals surface area contributed by atoms with Crippen LogP contribution in [0.3, 0.4) is 0 Å². The number of nitrogens with one attached hydrogen (secondary N) is 1. The van der Waals surface area contributed by atoms with Crippen LogP contribution in [-0.2, 0) is 0 Å². The van der Waals surface area contributed by atoms with Crippen LogP contribution >= 0.6 is 0 Å². The molecular weight excluding hydrogens is 208 g/mol. The van der Waals surface area contributed by atoms with E-state index in [-0.39, 0.29) is 0 Å². The molecule has 0 aromatic carbocycles. The molecule has 2 aliphatic rings.